The van der Waals surface area contributed by atoms with Crippen LogP contribution in [0.4, 0.5) is 0 Å². The zero-order valence-corrected chi connectivity index (χ0v) is 13.6. The second kappa shape index (κ2) is 7.19. The molecule has 0 bridgehead atoms. The summed E-state index contributed by atoms with van der Waals surface area (Å²) in [5.74, 6) is 0.850. The molecular formula is C15H30N2OS. The van der Waals surface area contributed by atoms with E-state index in [1.54, 1.807) is 0 Å². The Morgan fingerprint density at radius 2 is 2.11 bits per heavy atom. The van der Waals surface area contributed by atoms with Gasteiger partial charge < -0.3 is 0 Å². The molecule has 19 heavy (non-hydrogen) atoms. The third-order valence-corrected chi connectivity index (χ3v) is 5.76. The fourth-order valence-corrected chi connectivity index (χ4v) is 4.35. The molecule has 2 saturated heterocycles. The first kappa shape index (κ1) is 15.5. The van der Waals surface area contributed by atoms with Gasteiger partial charge in [0, 0.05) is 54.0 Å². The maximum atomic E-state index is 11.3. The molecule has 0 saturated carbocycles. The Morgan fingerprint density at radius 3 is 2.79 bits per heavy atom. The number of piperazine rings is 1. The van der Waals surface area contributed by atoms with Gasteiger partial charge in [-0.05, 0) is 39.2 Å². The SMILES string of the molecule is CCC1CN2CCCCC2CN1C(C)CCS(C)=O. The molecule has 4 atom stereocenters. The smallest absolute Gasteiger partial charge is 0.0246 e. The average molecular weight is 286 g/mol. The highest BCUT2D eigenvalue weighted by molar-refractivity contribution is 7.84. The first-order valence-electron chi connectivity index (χ1n) is 7.91. The van der Waals surface area contributed by atoms with Crippen molar-refractivity contribution in [3.8, 4) is 0 Å². The van der Waals surface area contributed by atoms with Crippen LogP contribution in [0.1, 0.15) is 46.0 Å². The van der Waals surface area contributed by atoms with E-state index >= 15 is 0 Å². The van der Waals surface area contributed by atoms with Crippen LogP contribution in [-0.4, -0.2) is 63.8 Å². The molecule has 0 aliphatic carbocycles. The van der Waals surface area contributed by atoms with Gasteiger partial charge in [-0.2, -0.15) is 0 Å². The molecule has 4 heteroatoms. The molecule has 0 aromatic rings. The molecule has 2 aliphatic rings. The van der Waals surface area contributed by atoms with Gasteiger partial charge in [-0.15, -0.1) is 0 Å². The monoisotopic (exact) mass is 286 g/mol. The maximum absolute atomic E-state index is 11.3. The third kappa shape index (κ3) is 4.02. The van der Waals surface area contributed by atoms with Crippen LogP contribution in [0.5, 0.6) is 0 Å². The van der Waals surface area contributed by atoms with E-state index in [4.69, 9.17) is 0 Å². The lowest BCUT2D eigenvalue weighted by atomic mass is 9.94. The number of hydrogen-bond acceptors (Lipinski definition) is 3. The third-order valence-electron chi connectivity index (χ3n) is 4.95. The topological polar surface area (TPSA) is 23.6 Å². The van der Waals surface area contributed by atoms with Crippen molar-refractivity contribution in [1.29, 1.82) is 0 Å². The molecule has 0 radical (unpaired) electrons. The summed E-state index contributed by atoms with van der Waals surface area (Å²) in [6.07, 6.45) is 8.30. The number of nitrogens with zero attached hydrogens (tertiary/aromatic N) is 2. The molecule has 2 heterocycles. The average Bonchev–Trinajstić information content (AvgIpc) is 2.43. The summed E-state index contributed by atoms with van der Waals surface area (Å²) in [5, 5.41) is 0. The molecule has 3 nitrogen and oxygen atoms in total. The summed E-state index contributed by atoms with van der Waals surface area (Å²) in [5.41, 5.74) is 0. The van der Waals surface area contributed by atoms with Gasteiger partial charge in [0.1, 0.15) is 0 Å². The van der Waals surface area contributed by atoms with E-state index in [1.165, 1.54) is 45.3 Å². The lowest BCUT2D eigenvalue weighted by molar-refractivity contribution is -0.0122. The van der Waals surface area contributed by atoms with Crippen LogP contribution in [0.25, 0.3) is 0 Å². The van der Waals surface area contributed by atoms with Crippen molar-refractivity contribution in [3.63, 3.8) is 0 Å². The number of piperidine rings is 1. The highest BCUT2D eigenvalue weighted by atomic mass is 32.2. The van der Waals surface area contributed by atoms with Crippen LogP contribution in [0.2, 0.25) is 0 Å². The first-order valence-corrected chi connectivity index (χ1v) is 9.64. The van der Waals surface area contributed by atoms with Crippen molar-refractivity contribution in [3.05, 3.63) is 0 Å². The van der Waals surface area contributed by atoms with E-state index in [9.17, 15) is 4.21 Å². The Kier molecular flexibility index (Phi) is 5.85. The lowest BCUT2D eigenvalue weighted by Gasteiger charge is -2.50. The van der Waals surface area contributed by atoms with Crippen molar-refractivity contribution in [1.82, 2.24) is 9.80 Å². The van der Waals surface area contributed by atoms with E-state index in [0.717, 1.165) is 18.2 Å². The normalized spacial score (nSPS) is 32.8. The van der Waals surface area contributed by atoms with E-state index in [1.807, 2.05) is 6.26 Å². The predicted octanol–water partition coefficient (Wildman–Crippen LogP) is 2.09. The Labute approximate surface area is 121 Å². The minimum absolute atomic E-state index is 0.581. The minimum atomic E-state index is -0.649. The molecule has 0 aromatic heterocycles. The number of hydrogen-bond donors (Lipinski definition) is 0. The van der Waals surface area contributed by atoms with Gasteiger partial charge in [-0.1, -0.05) is 13.3 Å². The zero-order chi connectivity index (χ0) is 13.8. The summed E-state index contributed by atoms with van der Waals surface area (Å²) < 4.78 is 11.3. The van der Waals surface area contributed by atoms with Gasteiger partial charge in [0.2, 0.25) is 0 Å². The second-order valence-corrected chi connectivity index (χ2v) is 7.87. The van der Waals surface area contributed by atoms with Gasteiger partial charge in [0.25, 0.3) is 0 Å². The fourth-order valence-electron chi connectivity index (χ4n) is 3.68. The van der Waals surface area contributed by atoms with Crippen LogP contribution in [0, 0.1) is 0 Å². The second-order valence-electron chi connectivity index (χ2n) is 6.32. The van der Waals surface area contributed by atoms with Gasteiger partial charge in [0.15, 0.2) is 0 Å². The van der Waals surface area contributed by atoms with Crippen molar-refractivity contribution in [2.24, 2.45) is 0 Å². The molecule has 0 spiro atoms. The fraction of sp³-hybridized carbons (Fsp3) is 1.00. The van der Waals surface area contributed by atoms with Crippen molar-refractivity contribution < 1.29 is 4.21 Å². The summed E-state index contributed by atoms with van der Waals surface area (Å²) in [4.78, 5) is 5.43. The van der Waals surface area contributed by atoms with Crippen LogP contribution < -0.4 is 0 Å². The van der Waals surface area contributed by atoms with Gasteiger partial charge >= 0.3 is 0 Å². The molecule has 112 valence electrons. The standard InChI is InChI=1S/C15H30N2OS/c1-4-14-11-16-9-6-5-7-15(16)12-17(14)13(2)8-10-19(3)18/h13-15H,4-12H2,1-3H3. The number of fused-ring (bicyclic) bond motifs is 1. The highest BCUT2D eigenvalue weighted by Gasteiger charge is 2.35. The Morgan fingerprint density at radius 1 is 1.32 bits per heavy atom. The predicted molar refractivity (Wildman–Crippen MR) is 83.0 cm³/mol. The summed E-state index contributed by atoms with van der Waals surface area (Å²) in [7, 11) is -0.649. The van der Waals surface area contributed by atoms with Gasteiger partial charge in [0.05, 0.1) is 0 Å². The van der Waals surface area contributed by atoms with Crippen LogP contribution in [0.3, 0.4) is 0 Å². The van der Waals surface area contributed by atoms with E-state index in [2.05, 4.69) is 23.6 Å². The van der Waals surface area contributed by atoms with E-state index in [0.29, 0.717) is 12.1 Å². The molecule has 4 unspecified atom stereocenters. The summed E-state index contributed by atoms with van der Waals surface area (Å²) in [6.45, 7) is 8.43. The largest absolute Gasteiger partial charge is 0.298 e. The summed E-state index contributed by atoms with van der Waals surface area (Å²) in [6, 6.07) is 2.07. The molecular weight excluding hydrogens is 256 g/mol. The highest BCUT2D eigenvalue weighted by Crippen LogP contribution is 2.27. The van der Waals surface area contributed by atoms with Gasteiger partial charge in [-0.25, -0.2) is 0 Å². The van der Waals surface area contributed by atoms with Crippen LogP contribution in [-0.2, 0) is 10.8 Å². The molecule has 0 amide bonds. The molecule has 0 aromatic carbocycles. The molecule has 2 aliphatic heterocycles. The van der Waals surface area contributed by atoms with E-state index < -0.39 is 10.8 Å². The van der Waals surface area contributed by atoms with Crippen molar-refractivity contribution in [2.75, 3.05) is 31.6 Å². The van der Waals surface area contributed by atoms with Crippen molar-refractivity contribution >= 4 is 10.8 Å². The minimum Gasteiger partial charge on any atom is -0.298 e. The summed E-state index contributed by atoms with van der Waals surface area (Å²) >= 11 is 0. The number of rotatable bonds is 5. The van der Waals surface area contributed by atoms with Gasteiger partial charge in [-0.3, -0.25) is 14.0 Å². The Balaban J connectivity index is 1.95. The first-order chi connectivity index (χ1) is 9.11. The Bertz CT molecular complexity index is 311. The molecule has 2 fully saturated rings. The van der Waals surface area contributed by atoms with Crippen molar-refractivity contribution in [2.45, 2.75) is 64.1 Å². The lowest BCUT2D eigenvalue weighted by Crippen LogP contribution is -2.61. The molecule has 2 rings (SSSR count). The van der Waals surface area contributed by atoms with E-state index in [-0.39, 0.29) is 0 Å². The van der Waals surface area contributed by atoms with Crippen LogP contribution in [0.15, 0.2) is 0 Å². The Hall–Kier alpha value is 0.0700. The maximum Gasteiger partial charge on any atom is 0.0246 e. The quantitative estimate of drug-likeness (QED) is 0.773. The zero-order valence-electron chi connectivity index (χ0n) is 12.8. The molecule has 0 N–H and O–H groups in total. The van der Waals surface area contributed by atoms with Crippen LogP contribution >= 0.6 is 0 Å².